The van der Waals surface area contributed by atoms with Crippen molar-refractivity contribution in [2.75, 3.05) is 0 Å². The Balaban J connectivity index is 1.57. The van der Waals surface area contributed by atoms with Gasteiger partial charge in [0.05, 0.1) is 13.0 Å². The van der Waals surface area contributed by atoms with Crippen LogP contribution in [0, 0.1) is 0 Å². The lowest BCUT2D eigenvalue weighted by atomic mass is 10.1. The van der Waals surface area contributed by atoms with Gasteiger partial charge in [0.2, 0.25) is 0 Å². The number of rotatable bonds is 13. The summed E-state index contributed by atoms with van der Waals surface area (Å²) in [5.41, 5.74) is 2.61. The van der Waals surface area contributed by atoms with E-state index < -0.39 is 0 Å². The lowest BCUT2D eigenvalue weighted by Gasteiger charge is -2.06. The standard InChI is InChI=1S/C27H37N2/c1-2-3-4-5-6-7-8-9-16-21-28-22-23-29(26-19-14-11-15-20-26)27(28)24-25-17-12-10-13-18-25/h10-15,17-20,22-23H,2-9,16,21,24H2,1H3/q+1. The first kappa shape index (κ1) is 21.4. The van der Waals surface area contributed by atoms with Crippen molar-refractivity contribution < 1.29 is 4.57 Å². The molecular weight excluding hydrogens is 352 g/mol. The summed E-state index contributed by atoms with van der Waals surface area (Å²) in [4.78, 5) is 0. The first-order valence-corrected chi connectivity index (χ1v) is 11.6. The van der Waals surface area contributed by atoms with E-state index in [9.17, 15) is 0 Å². The van der Waals surface area contributed by atoms with Crippen molar-refractivity contribution in [1.82, 2.24) is 4.57 Å². The fourth-order valence-electron chi connectivity index (χ4n) is 4.04. The van der Waals surface area contributed by atoms with Crippen molar-refractivity contribution in [3.8, 4) is 5.69 Å². The number of hydrogen-bond acceptors (Lipinski definition) is 0. The second-order valence-electron chi connectivity index (χ2n) is 8.10. The number of hydrogen-bond donors (Lipinski definition) is 0. The highest BCUT2D eigenvalue weighted by Crippen LogP contribution is 2.14. The van der Waals surface area contributed by atoms with Crippen LogP contribution >= 0.6 is 0 Å². The van der Waals surface area contributed by atoms with Gasteiger partial charge in [-0.3, -0.25) is 0 Å². The topological polar surface area (TPSA) is 8.81 Å². The van der Waals surface area contributed by atoms with E-state index in [1.165, 1.54) is 74.9 Å². The van der Waals surface area contributed by atoms with Gasteiger partial charge in [-0.05, 0) is 30.5 Å². The average molecular weight is 390 g/mol. The van der Waals surface area contributed by atoms with Gasteiger partial charge in [0, 0.05) is 0 Å². The summed E-state index contributed by atoms with van der Waals surface area (Å²) in [5, 5.41) is 0. The molecule has 1 heterocycles. The van der Waals surface area contributed by atoms with Crippen LogP contribution in [-0.2, 0) is 13.0 Å². The third-order valence-corrected chi connectivity index (χ3v) is 5.75. The Morgan fingerprint density at radius 1 is 0.690 bits per heavy atom. The van der Waals surface area contributed by atoms with E-state index in [1.54, 1.807) is 0 Å². The Hall–Kier alpha value is -2.35. The molecule has 0 saturated carbocycles. The third kappa shape index (κ3) is 6.88. The molecule has 0 aliphatic rings. The molecule has 0 amide bonds. The van der Waals surface area contributed by atoms with E-state index in [2.05, 4.69) is 89.1 Å². The molecule has 0 spiro atoms. The van der Waals surface area contributed by atoms with Crippen LogP contribution in [0.15, 0.2) is 73.1 Å². The van der Waals surface area contributed by atoms with Crippen LogP contribution in [0.5, 0.6) is 0 Å². The van der Waals surface area contributed by atoms with Crippen LogP contribution in [0.4, 0.5) is 0 Å². The van der Waals surface area contributed by atoms with Gasteiger partial charge in [-0.15, -0.1) is 0 Å². The largest absolute Gasteiger partial charge is 0.266 e. The maximum Gasteiger partial charge on any atom is 0.266 e. The molecule has 3 aromatic rings. The van der Waals surface area contributed by atoms with Crippen molar-refractivity contribution in [3.05, 3.63) is 84.4 Å². The number of aryl methyl sites for hydroxylation is 1. The highest BCUT2D eigenvalue weighted by molar-refractivity contribution is 5.33. The zero-order valence-corrected chi connectivity index (χ0v) is 18.1. The summed E-state index contributed by atoms with van der Waals surface area (Å²) in [6.07, 6.45) is 17.8. The zero-order chi connectivity index (χ0) is 20.2. The highest BCUT2D eigenvalue weighted by Gasteiger charge is 2.19. The molecule has 0 bridgehead atoms. The molecule has 1 aromatic heterocycles. The van der Waals surface area contributed by atoms with Crippen molar-refractivity contribution >= 4 is 0 Å². The zero-order valence-electron chi connectivity index (χ0n) is 18.1. The summed E-state index contributed by atoms with van der Waals surface area (Å²) < 4.78 is 4.81. The molecular formula is C27H37N2+. The predicted octanol–water partition coefficient (Wildman–Crippen LogP) is 6.89. The summed E-state index contributed by atoms with van der Waals surface area (Å²) in [6.45, 7) is 3.40. The van der Waals surface area contributed by atoms with Crippen LogP contribution in [0.2, 0.25) is 0 Å². The second kappa shape index (κ2) is 12.3. The van der Waals surface area contributed by atoms with E-state index in [1.807, 2.05) is 0 Å². The third-order valence-electron chi connectivity index (χ3n) is 5.75. The Kier molecular flexibility index (Phi) is 9.03. The highest BCUT2D eigenvalue weighted by atomic mass is 15.1. The number of benzene rings is 2. The first-order valence-electron chi connectivity index (χ1n) is 11.6. The molecule has 0 aliphatic heterocycles. The van der Waals surface area contributed by atoms with Crippen LogP contribution in [-0.4, -0.2) is 4.57 Å². The predicted molar refractivity (Wildman–Crippen MR) is 122 cm³/mol. The summed E-state index contributed by atoms with van der Waals surface area (Å²) in [5.74, 6) is 1.36. The van der Waals surface area contributed by atoms with E-state index in [-0.39, 0.29) is 0 Å². The van der Waals surface area contributed by atoms with Gasteiger partial charge in [0.1, 0.15) is 18.1 Å². The molecule has 2 nitrogen and oxygen atoms in total. The van der Waals surface area contributed by atoms with Gasteiger partial charge in [-0.1, -0.05) is 100 Å². The molecule has 154 valence electrons. The maximum atomic E-state index is 2.46. The smallest absolute Gasteiger partial charge is 0.234 e. The number of para-hydroxylation sites is 1. The van der Waals surface area contributed by atoms with E-state index >= 15 is 0 Å². The molecule has 3 rings (SSSR count). The fourth-order valence-corrected chi connectivity index (χ4v) is 4.04. The Morgan fingerprint density at radius 2 is 1.28 bits per heavy atom. The minimum atomic E-state index is 0.958. The first-order chi connectivity index (χ1) is 14.4. The Labute approximate surface area is 177 Å². The molecule has 2 heteroatoms. The molecule has 29 heavy (non-hydrogen) atoms. The van der Waals surface area contributed by atoms with Gasteiger partial charge in [0.15, 0.2) is 0 Å². The van der Waals surface area contributed by atoms with E-state index in [0.29, 0.717) is 0 Å². The molecule has 0 fully saturated rings. The molecule has 0 atom stereocenters. The van der Waals surface area contributed by atoms with Crippen LogP contribution in [0.3, 0.4) is 0 Å². The minimum absolute atomic E-state index is 0.958. The summed E-state index contributed by atoms with van der Waals surface area (Å²) >= 11 is 0. The number of unbranched alkanes of at least 4 members (excludes halogenated alkanes) is 8. The number of imidazole rings is 1. The maximum absolute atomic E-state index is 2.46. The molecule has 0 N–H and O–H groups in total. The van der Waals surface area contributed by atoms with Gasteiger partial charge in [-0.25, -0.2) is 4.57 Å². The Morgan fingerprint density at radius 3 is 1.93 bits per heavy atom. The van der Waals surface area contributed by atoms with E-state index in [0.717, 1.165) is 13.0 Å². The molecule has 2 aromatic carbocycles. The Bertz CT molecular complexity index is 805. The van der Waals surface area contributed by atoms with Crippen LogP contribution in [0.25, 0.3) is 5.69 Å². The van der Waals surface area contributed by atoms with E-state index in [4.69, 9.17) is 0 Å². The number of nitrogens with zero attached hydrogens (tertiary/aromatic N) is 2. The molecule has 0 radical (unpaired) electrons. The van der Waals surface area contributed by atoms with Crippen molar-refractivity contribution in [2.24, 2.45) is 0 Å². The van der Waals surface area contributed by atoms with Gasteiger partial charge in [0.25, 0.3) is 5.82 Å². The summed E-state index contributed by atoms with van der Waals surface area (Å²) in [6, 6.07) is 21.5. The van der Waals surface area contributed by atoms with Crippen molar-refractivity contribution in [2.45, 2.75) is 77.7 Å². The van der Waals surface area contributed by atoms with Crippen LogP contribution in [0.1, 0.15) is 76.1 Å². The lowest BCUT2D eigenvalue weighted by Crippen LogP contribution is -2.37. The van der Waals surface area contributed by atoms with Gasteiger partial charge in [-0.2, -0.15) is 4.57 Å². The average Bonchev–Trinajstić information content (AvgIpc) is 3.16. The van der Waals surface area contributed by atoms with Gasteiger partial charge < -0.3 is 0 Å². The fraction of sp³-hybridized carbons (Fsp3) is 0.444. The second-order valence-corrected chi connectivity index (χ2v) is 8.10. The van der Waals surface area contributed by atoms with Crippen LogP contribution < -0.4 is 4.57 Å². The molecule has 0 aliphatic carbocycles. The van der Waals surface area contributed by atoms with Crippen molar-refractivity contribution in [1.29, 1.82) is 0 Å². The monoisotopic (exact) mass is 389 g/mol. The quantitative estimate of drug-likeness (QED) is 0.222. The lowest BCUT2D eigenvalue weighted by molar-refractivity contribution is -0.703. The normalized spacial score (nSPS) is 11.1. The van der Waals surface area contributed by atoms with Gasteiger partial charge >= 0.3 is 0 Å². The molecule has 0 saturated heterocycles. The SMILES string of the molecule is CCCCCCCCCCC[n+]1ccn(-c2ccccc2)c1Cc1ccccc1. The number of aromatic nitrogens is 2. The summed E-state index contributed by atoms with van der Waals surface area (Å²) in [7, 11) is 0. The molecule has 0 unspecified atom stereocenters. The minimum Gasteiger partial charge on any atom is -0.234 e. The van der Waals surface area contributed by atoms with Crippen molar-refractivity contribution in [3.63, 3.8) is 0 Å².